The van der Waals surface area contributed by atoms with E-state index in [1.807, 2.05) is 116 Å². The van der Waals surface area contributed by atoms with Gasteiger partial charge < -0.3 is 14.5 Å². The van der Waals surface area contributed by atoms with Gasteiger partial charge in [0.05, 0.1) is 0 Å². The average molecular weight is 1200 g/mol. The van der Waals surface area contributed by atoms with E-state index in [1.165, 1.54) is 21.3 Å². The van der Waals surface area contributed by atoms with Crippen LogP contribution < -0.4 is 31.8 Å². The number of rotatable bonds is 8. The van der Waals surface area contributed by atoms with Crippen molar-refractivity contribution in [3.63, 3.8) is 0 Å². The summed E-state index contributed by atoms with van der Waals surface area (Å²) in [5.41, 5.74) is 3.72. The first-order valence-electron chi connectivity index (χ1n) is 21.5. The third-order valence-electron chi connectivity index (χ3n) is 10.3. The van der Waals surface area contributed by atoms with Crippen LogP contribution in [-0.4, -0.2) is 9.97 Å². The molecule has 8 aromatic carbocycles. The topological polar surface area (TPSA) is 42.9 Å². The van der Waals surface area contributed by atoms with E-state index in [4.69, 9.17) is 10.9 Å². The Morgan fingerprint density at radius 1 is 0.426 bits per heavy atom. The van der Waals surface area contributed by atoms with Gasteiger partial charge in [0, 0.05) is 72.0 Å². The van der Waals surface area contributed by atoms with Crippen molar-refractivity contribution in [3.8, 4) is 22.5 Å². The first kappa shape index (κ1) is 40.9. The molecule has 10 rings (SSSR count). The third-order valence-corrected chi connectivity index (χ3v) is 15.8. The minimum absolute atomic E-state index is 0. The Kier molecular flexibility index (Phi) is 13.7. The maximum atomic E-state index is 14.6. The molecule has 308 valence electrons. The van der Waals surface area contributed by atoms with Crippen LogP contribution in [0.3, 0.4) is 0 Å². The molecule has 0 saturated heterocycles. The molecule has 2 aromatic heterocycles. The molecule has 0 amide bonds. The van der Waals surface area contributed by atoms with Gasteiger partial charge in [-0.15, -0.1) is 59.7 Å². The molecular weight excluding hydrogens is 1140 g/mol. The van der Waals surface area contributed by atoms with Gasteiger partial charge in [-0.2, -0.15) is 0 Å². The fourth-order valence-electron chi connectivity index (χ4n) is 7.51. The van der Waals surface area contributed by atoms with E-state index >= 15 is 0 Å². The maximum absolute atomic E-state index is 14.6. The quantitative estimate of drug-likeness (QED) is 0.112. The monoisotopic (exact) mass is 1200 g/mol. The number of fused-ring (bicyclic) bond motifs is 2. The zero-order valence-electron chi connectivity index (χ0n) is 36.8. The largest absolute Gasteiger partial charge is 0.310 e. The Balaban J connectivity index is 0.000000314. The zero-order chi connectivity index (χ0) is 43.9. The van der Waals surface area contributed by atoms with Crippen molar-refractivity contribution in [1.29, 1.82) is 0 Å². The number of pyridine rings is 2. The van der Waals surface area contributed by atoms with Gasteiger partial charge in [-0.25, -0.2) is 0 Å². The summed E-state index contributed by atoms with van der Waals surface area (Å²) in [4.78, 5) is 9.32. The summed E-state index contributed by atoms with van der Waals surface area (Å²) < 4.78 is 34.6. The van der Waals surface area contributed by atoms with Crippen LogP contribution in [0.1, 0.15) is 8.79 Å². The van der Waals surface area contributed by atoms with Crippen LogP contribution in [0.2, 0.25) is 0 Å². The van der Waals surface area contributed by atoms with Crippen LogP contribution >= 0.6 is 15.1 Å². The minimum Gasteiger partial charge on any atom is -0.310 e. The summed E-state index contributed by atoms with van der Waals surface area (Å²) in [7, 11) is -3.68. The number of aromatic nitrogens is 2. The molecule has 0 fully saturated rings. The first-order valence-corrected chi connectivity index (χ1v) is 22.6. The second-order valence-electron chi connectivity index (χ2n) is 14.0. The van der Waals surface area contributed by atoms with Gasteiger partial charge in [0.1, 0.15) is 0 Å². The number of hydrogen-bond acceptors (Lipinski definition) is 3. The zero-order valence-corrected chi connectivity index (χ0v) is 39.4. The molecule has 0 aliphatic rings. The predicted molar refractivity (Wildman–Crippen MR) is 259 cm³/mol. The second kappa shape index (κ2) is 20.4. The second-order valence-corrected chi connectivity index (χ2v) is 19.0. The summed E-state index contributed by atoms with van der Waals surface area (Å²) in [5.74, 6) is 0. The summed E-state index contributed by atoms with van der Waals surface area (Å²) in [6.45, 7) is 0. The molecule has 10 aromatic rings. The molecule has 0 atom stereocenters. The molecule has 0 spiro atoms. The van der Waals surface area contributed by atoms with Crippen LogP contribution in [0.5, 0.6) is 0 Å². The molecule has 0 aliphatic carbocycles. The maximum Gasteiger partial charge on any atom is 0.153 e. The number of benzene rings is 8. The summed E-state index contributed by atoms with van der Waals surface area (Å²) in [6, 6.07) is 80.6. The predicted octanol–water partition coefficient (Wildman–Crippen LogP) is 11.8. The minimum atomic E-state index is -3.03. The van der Waals surface area contributed by atoms with Crippen LogP contribution in [0.4, 0.5) is 0 Å². The van der Waals surface area contributed by atoms with E-state index in [1.54, 1.807) is 0 Å². The Hall–Kier alpha value is -5.46. The first-order chi connectivity index (χ1) is 31.2. The smallest absolute Gasteiger partial charge is 0.153 e. The molecule has 61 heavy (non-hydrogen) atoms. The summed E-state index contributed by atoms with van der Waals surface area (Å²) in [5, 5.41) is 11.0. The van der Waals surface area contributed by atoms with Gasteiger partial charge >= 0.3 is 0 Å². The van der Waals surface area contributed by atoms with Gasteiger partial charge in [-0.3, -0.25) is 0 Å². The van der Waals surface area contributed by atoms with Crippen LogP contribution in [0, 0.1) is 12.1 Å². The van der Waals surface area contributed by atoms with Crippen LogP contribution in [0.25, 0.3) is 44.1 Å². The Labute approximate surface area is 395 Å². The van der Waals surface area contributed by atoms with Gasteiger partial charge in [-0.1, -0.05) is 180 Å². The van der Waals surface area contributed by atoms with Crippen molar-refractivity contribution in [2.45, 2.75) is 0 Å². The molecule has 0 aliphatic heterocycles. The van der Waals surface area contributed by atoms with Gasteiger partial charge in [-0.05, 0) is 63.6 Å². The molecule has 0 saturated carbocycles. The molecule has 3 nitrogen and oxygen atoms in total. The molecule has 0 unspecified atom stereocenters. The van der Waals surface area contributed by atoms with Gasteiger partial charge in [0.15, 0.2) is 7.14 Å². The molecule has 2 heterocycles. The average Bonchev–Trinajstić information content (AvgIpc) is 3.38. The van der Waals surface area contributed by atoms with E-state index in [0.29, 0.717) is 0 Å². The van der Waals surface area contributed by atoms with Crippen molar-refractivity contribution in [3.05, 3.63) is 243 Å². The Bertz CT molecular complexity index is 2980. The normalized spacial score (nSPS) is 11.2. The number of hydrogen-bond donors (Lipinski definition) is 0. The van der Waals surface area contributed by atoms with E-state index in [0.717, 1.165) is 54.6 Å². The number of nitrogens with zero attached hydrogens (tertiary/aromatic N) is 2. The molecule has 2 radical (unpaired) electrons. The SMILES string of the molecule is O=P(c1ccccc1)(c1ccccc1)c1cc[c-]c(-c2nccc3ccccc23)c1.[3HH].[3HH].[3H][3H].[3H][3H].[Ir].[Ir].[c-]1ccc(P(c2ccccc2)c2ccccc2)cc1-c1nccc2ccccc12. The van der Waals surface area contributed by atoms with Crippen LogP contribution in [-0.2, 0) is 44.8 Å². The third kappa shape index (κ3) is 9.40. The summed E-state index contributed by atoms with van der Waals surface area (Å²) in [6.07, 6.45) is 3.70. The van der Waals surface area contributed by atoms with Crippen molar-refractivity contribution >= 4 is 68.4 Å². The Morgan fingerprint density at radius 3 is 1.33 bits per heavy atom. The standard InChI is InChI=1S/C27H19NOP.C27H19NP.2Ir.4H2/c29-30(23-12-3-1-4-13-23,24-14-5-2-6-15-24)25-16-9-11-22(20-25)27-26-17-8-7-10-21(26)18-19-28-27;1-3-12-23(13-4-1)29(24-14-5-2-6-15-24)25-16-9-11-22(20-25)27-26-17-8-7-10-21(26)18-19-28-27;;;;;;/h1-10,12-20H;1-10,12-20H;;;4*1H/q2*-1;;;;;;/i;;;;2*1+2T;2*1+2. The van der Waals surface area contributed by atoms with E-state index in [2.05, 4.69) is 132 Å². The molecule has 0 bridgehead atoms. The van der Waals surface area contributed by atoms with E-state index in [-0.39, 0.29) is 43.1 Å². The molecule has 7 heteroatoms. The van der Waals surface area contributed by atoms with E-state index in [9.17, 15) is 4.57 Å². The van der Waals surface area contributed by atoms with Gasteiger partial charge in [0.2, 0.25) is 0 Å². The fourth-order valence-corrected chi connectivity index (χ4v) is 12.5. The molecule has 0 N–H and O–H groups in total. The van der Waals surface area contributed by atoms with Crippen molar-refractivity contribution in [1.82, 2.24) is 9.97 Å². The van der Waals surface area contributed by atoms with E-state index < -0.39 is 15.1 Å². The van der Waals surface area contributed by atoms with Crippen molar-refractivity contribution in [2.24, 2.45) is 0 Å². The van der Waals surface area contributed by atoms with Crippen LogP contribution in [0.15, 0.2) is 231 Å². The van der Waals surface area contributed by atoms with Crippen molar-refractivity contribution < 1.29 is 53.6 Å². The van der Waals surface area contributed by atoms with Gasteiger partial charge in [0.25, 0.3) is 0 Å². The fraction of sp³-hybridized carbons (Fsp3) is 0. The summed E-state index contributed by atoms with van der Waals surface area (Å²) >= 11 is 0. The Morgan fingerprint density at radius 2 is 0.836 bits per heavy atom. The van der Waals surface area contributed by atoms with Crippen molar-refractivity contribution in [2.75, 3.05) is 0 Å². The molecular formula is C54H46Ir2N2OP2-2.